The summed E-state index contributed by atoms with van der Waals surface area (Å²) < 4.78 is 5.78. The summed E-state index contributed by atoms with van der Waals surface area (Å²) in [6.45, 7) is 4.39. The molecule has 1 atom stereocenters. The van der Waals surface area contributed by atoms with Crippen LogP contribution in [0.5, 0.6) is 0 Å². The predicted octanol–water partition coefficient (Wildman–Crippen LogP) is 13.2. The topological polar surface area (TPSA) is 63.6 Å². The third kappa shape index (κ3) is 34.9. The molecule has 1 N–H and O–H groups in total. The van der Waals surface area contributed by atoms with Gasteiger partial charge in [-0.2, -0.15) is 0 Å². The maximum absolute atomic E-state index is 12.3. The van der Waals surface area contributed by atoms with Crippen LogP contribution in [0, 0.1) is 0 Å². The van der Waals surface area contributed by atoms with E-state index in [1.807, 2.05) is 0 Å². The molecule has 0 aromatic heterocycles. The number of unbranched alkanes of at least 4 members (excludes halogenated alkanes) is 23. The molecule has 44 heavy (non-hydrogen) atoms. The number of esters is 1. The Balaban J connectivity index is 3.44. The van der Waals surface area contributed by atoms with Gasteiger partial charge in [0.25, 0.3) is 0 Å². The van der Waals surface area contributed by atoms with Crippen molar-refractivity contribution >= 4 is 11.9 Å². The lowest BCUT2D eigenvalue weighted by Gasteiger charge is -2.16. The fraction of sp³-hybridized carbons (Fsp3) is 0.850. The Kier molecular flexibility index (Phi) is 34.6. The third-order valence-electron chi connectivity index (χ3n) is 8.75. The first kappa shape index (κ1) is 42.4. The van der Waals surface area contributed by atoms with E-state index in [0.717, 1.165) is 51.4 Å². The van der Waals surface area contributed by atoms with Crippen molar-refractivity contribution in [2.75, 3.05) is 0 Å². The molecule has 0 saturated heterocycles. The highest BCUT2D eigenvalue weighted by atomic mass is 16.5. The van der Waals surface area contributed by atoms with Crippen molar-refractivity contribution < 1.29 is 19.4 Å². The molecule has 0 saturated carbocycles. The van der Waals surface area contributed by atoms with Gasteiger partial charge in [-0.1, -0.05) is 160 Å². The van der Waals surface area contributed by atoms with Crippen molar-refractivity contribution in [3.05, 3.63) is 24.3 Å². The smallest absolute Gasteiger partial charge is 0.306 e. The lowest BCUT2D eigenvalue weighted by molar-refractivity contribution is -0.149. The Morgan fingerprint density at radius 1 is 0.523 bits per heavy atom. The molecule has 0 rings (SSSR count). The van der Waals surface area contributed by atoms with E-state index in [1.165, 1.54) is 135 Å². The summed E-state index contributed by atoms with van der Waals surface area (Å²) in [5.41, 5.74) is 0. The van der Waals surface area contributed by atoms with Crippen LogP contribution in [0.15, 0.2) is 24.3 Å². The fourth-order valence-corrected chi connectivity index (χ4v) is 5.80. The first-order valence-corrected chi connectivity index (χ1v) is 19.3. The first-order chi connectivity index (χ1) is 21.6. The zero-order valence-electron chi connectivity index (χ0n) is 29.5. The van der Waals surface area contributed by atoms with Gasteiger partial charge in [-0.15, -0.1) is 0 Å². The van der Waals surface area contributed by atoms with E-state index >= 15 is 0 Å². The second kappa shape index (κ2) is 35.9. The Bertz CT molecular complexity index is 668. The Morgan fingerprint density at radius 3 is 1.39 bits per heavy atom. The van der Waals surface area contributed by atoms with Gasteiger partial charge in [0.15, 0.2) is 0 Å². The van der Waals surface area contributed by atoms with Crippen LogP contribution in [0.3, 0.4) is 0 Å². The van der Waals surface area contributed by atoms with Gasteiger partial charge >= 0.3 is 11.9 Å². The zero-order chi connectivity index (χ0) is 32.2. The molecule has 0 heterocycles. The van der Waals surface area contributed by atoms with Gasteiger partial charge in [-0.3, -0.25) is 9.59 Å². The summed E-state index contributed by atoms with van der Waals surface area (Å²) in [5, 5.41) is 8.65. The SMILES string of the molecule is CCCCC/C=C\C/C=C\CCCCCCCCCCCC(=O)OC(CC)CCCCCCCCCCCCCCC(=O)O. The summed E-state index contributed by atoms with van der Waals surface area (Å²) >= 11 is 0. The van der Waals surface area contributed by atoms with E-state index in [9.17, 15) is 9.59 Å². The molecule has 1 unspecified atom stereocenters. The van der Waals surface area contributed by atoms with E-state index in [1.54, 1.807) is 0 Å². The number of carboxylic acid groups (broad SMARTS) is 1. The molecule has 258 valence electrons. The summed E-state index contributed by atoms with van der Waals surface area (Å²) in [6, 6.07) is 0. The number of rotatable bonds is 35. The molecule has 0 radical (unpaired) electrons. The first-order valence-electron chi connectivity index (χ1n) is 19.3. The van der Waals surface area contributed by atoms with Crippen molar-refractivity contribution in [3.8, 4) is 0 Å². The van der Waals surface area contributed by atoms with Crippen LogP contribution >= 0.6 is 0 Å². The minimum atomic E-state index is -0.671. The molecule has 0 aliphatic heterocycles. The lowest BCUT2D eigenvalue weighted by Crippen LogP contribution is -2.17. The number of carboxylic acids is 1. The Hall–Kier alpha value is -1.58. The van der Waals surface area contributed by atoms with Crippen molar-refractivity contribution in [2.45, 2.75) is 219 Å². The molecule has 0 fully saturated rings. The summed E-state index contributed by atoms with van der Waals surface area (Å²) in [5.74, 6) is -0.661. The molecule has 0 aliphatic rings. The van der Waals surface area contributed by atoms with E-state index in [2.05, 4.69) is 38.2 Å². The number of carbonyl (C=O) groups is 2. The maximum Gasteiger partial charge on any atom is 0.306 e. The zero-order valence-corrected chi connectivity index (χ0v) is 29.5. The second-order valence-corrected chi connectivity index (χ2v) is 13.1. The van der Waals surface area contributed by atoms with Gasteiger partial charge in [0, 0.05) is 12.8 Å². The summed E-state index contributed by atoms with van der Waals surface area (Å²) in [4.78, 5) is 22.8. The quantitative estimate of drug-likeness (QED) is 0.0436. The Morgan fingerprint density at radius 2 is 0.932 bits per heavy atom. The molecule has 0 aromatic carbocycles. The minimum Gasteiger partial charge on any atom is -0.481 e. The number of ether oxygens (including phenoxy) is 1. The Labute approximate surface area is 274 Å². The predicted molar refractivity (Wildman–Crippen MR) is 190 cm³/mol. The van der Waals surface area contributed by atoms with Crippen LogP contribution in [-0.2, 0) is 14.3 Å². The molecule has 0 amide bonds. The lowest BCUT2D eigenvalue weighted by atomic mass is 10.0. The molecule has 0 spiro atoms. The highest BCUT2D eigenvalue weighted by molar-refractivity contribution is 5.69. The minimum absolute atomic E-state index is 0.00998. The van der Waals surface area contributed by atoms with Crippen molar-refractivity contribution in [1.82, 2.24) is 0 Å². The van der Waals surface area contributed by atoms with Gasteiger partial charge < -0.3 is 9.84 Å². The number of allylic oxidation sites excluding steroid dienone is 4. The van der Waals surface area contributed by atoms with Crippen LogP contribution in [0.1, 0.15) is 213 Å². The van der Waals surface area contributed by atoms with Crippen LogP contribution < -0.4 is 0 Å². The molecule has 4 heteroatoms. The molecular formula is C40H74O4. The molecule has 4 nitrogen and oxygen atoms in total. The van der Waals surface area contributed by atoms with Crippen LogP contribution in [0.25, 0.3) is 0 Å². The van der Waals surface area contributed by atoms with Crippen LogP contribution in [0.4, 0.5) is 0 Å². The largest absolute Gasteiger partial charge is 0.481 e. The number of hydrogen-bond acceptors (Lipinski definition) is 3. The number of carbonyl (C=O) groups excluding carboxylic acids is 1. The monoisotopic (exact) mass is 619 g/mol. The van der Waals surface area contributed by atoms with Crippen molar-refractivity contribution in [3.63, 3.8) is 0 Å². The van der Waals surface area contributed by atoms with E-state index in [0.29, 0.717) is 12.8 Å². The standard InChI is InChI=1S/C40H74O4/c1-3-5-6-7-8-9-10-11-12-13-14-15-16-17-22-25-28-31-34-37-40(43)44-38(4-2)35-32-29-26-23-20-18-19-21-24-27-30-33-36-39(41)42/h8-9,11-12,38H,3-7,10,13-37H2,1-2H3,(H,41,42)/b9-8-,12-11-. The van der Waals surface area contributed by atoms with E-state index in [-0.39, 0.29) is 12.1 Å². The van der Waals surface area contributed by atoms with E-state index < -0.39 is 5.97 Å². The van der Waals surface area contributed by atoms with Crippen molar-refractivity contribution in [1.29, 1.82) is 0 Å². The average molecular weight is 619 g/mol. The molecule has 0 aliphatic carbocycles. The van der Waals surface area contributed by atoms with Gasteiger partial charge in [0.2, 0.25) is 0 Å². The summed E-state index contributed by atoms with van der Waals surface area (Å²) in [6.07, 6.45) is 45.7. The number of hydrogen-bond donors (Lipinski definition) is 1. The van der Waals surface area contributed by atoms with Crippen LogP contribution in [-0.4, -0.2) is 23.1 Å². The second-order valence-electron chi connectivity index (χ2n) is 13.1. The van der Waals surface area contributed by atoms with Crippen LogP contribution in [0.2, 0.25) is 0 Å². The maximum atomic E-state index is 12.3. The normalized spacial score (nSPS) is 12.4. The molecule has 0 aromatic rings. The van der Waals surface area contributed by atoms with Gasteiger partial charge in [-0.05, 0) is 64.2 Å². The van der Waals surface area contributed by atoms with Gasteiger partial charge in [0.1, 0.15) is 6.10 Å². The van der Waals surface area contributed by atoms with Gasteiger partial charge in [-0.25, -0.2) is 0 Å². The summed E-state index contributed by atoms with van der Waals surface area (Å²) in [7, 11) is 0. The van der Waals surface area contributed by atoms with E-state index in [4.69, 9.17) is 9.84 Å². The molecule has 0 bridgehead atoms. The number of aliphatic carboxylic acids is 1. The fourth-order valence-electron chi connectivity index (χ4n) is 5.80. The van der Waals surface area contributed by atoms with Gasteiger partial charge in [0.05, 0.1) is 0 Å². The van der Waals surface area contributed by atoms with Crippen molar-refractivity contribution in [2.24, 2.45) is 0 Å². The highest BCUT2D eigenvalue weighted by Gasteiger charge is 2.12. The average Bonchev–Trinajstić information content (AvgIpc) is 3.01. The third-order valence-corrected chi connectivity index (χ3v) is 8.75. The highest BCUT2D eigenvalue weighted by Crippen LogP contribution is 2.17. The molecular weight excluding hydrogens is 544 g/mol.